The molecule has 6 heteroatoms. The van der Waals surface area contributed by atoms with Crippen molar-refractivity contribution in [3.8, 4) is 0 Å². The number of halogens is 1. The third-order valence-corrected chi connectivity index (χ3v) is 5.27. The molecule has 2 heterocycles. The molecular weight excluding hydrogens is 376 g/mol. The van der Waals surface area contributed by atoms with Gasteiger partial charge >= 0.3 is 0 Å². The van der Waals surface area contributed by atoms with Crippen molar-refractivity contribution in [2.24, 2.45) is 0 Å². The highest BCUT2D eigenvalue weighted by atomic mass is 35.5. The van der Waals surface area contributed by atoms with Crippen molar-refractivity contribution in [3.05, 3.63) is 78.5 Å². The molecule has 4 nitrogen and oxygen atoms in total. The van der Waals surface area contributed by atoms with Gasteiger partial charge in [-0.05, 0) is 30.0 Å². The SMILES string of the molecule is CSc1nc(Nc2ccccc2)c2ccn(CC(Cl)c3ccccc3)c2n1. The first kappa shape index (κ1) is 17.9. The first-order chi connectivity index (χ1) is 13.2. The largest absolute Gasteiger partial charge is 0.340 e. The second kappa shape index (κ2) is 8.03. The van der Waals surface area contributed by atoms with Crippen LogP contribution in [0.4, 0.5) is 11.5 Å². The van der Waals surface area contributed by atoms with E-state index in [-0.39, 0.29) is 5.38 Å². The first-order valence-electron chi connectivity index (χ1n) is 8.66. The molecule has 0 spiro atoms. The fourth-order valence-corrected chi connectivity index (χ4v) is 3.63. The zero-order chi connectivity index (χ0) is 18.6. The van der Waals surface area contributed by atoms with E-state index < -0.39 is 0 Å². The van der Waals surface area contributed by atoms with E-state index in [0.29, 0.717) is 6.54 Å². The molecule has 0 fully saturated rings. The van der Waals surface area contributed by atoms with Gasteiger partial charge in [0, 0.05) is 18.4 Å². The van der Waals surface area contributed by atoms with Gasteiger partial charge in [-0.15, -0.1) is 11.6 Å². The van der Waals surface area contributed by atoms with Crippen molar-refractivity contribution in [2.75, 3.05) is 11.6 Å². The van der Waals surface area contributed by atoms with Gasteiger partial charge in [-0.25, -0.2) is 9.97 Å². The Morgan fingerprint density at radius 2 is 1.70 bits per heavy atom. The van der Waals surface area contributed by atoms with Crippen molar-refractivity contribution < 1.29 is 0 Å². The molecule has 0 saturated heterocycles. The molecule has 136 valence electrons. The van der Waals surface area contributed by atoms with Crippen molar-refractivity contribution in [3.63, 3.8) is 0 Å². The number of nitrogens with one attached hydrogen (secondary N) is 1. The molecule has 4 rings (SSSR count). The predicted molar refractivity (Wildman–Crippen MR) is 114 cm³/mol. The standard InChI is InChI=1S/C21H19ClN4S/c1-27-21-24-19(23-16-10-6-3-7-11-16)17-12-13-26(20(17)25-21)14-18(22)15-8-4-2-5-9-15/h2-13,18H,14H2,1H3,(H,23,24,25). The summed E-state index contributed by atoms with van der Waals surface area (Å²) in [5.41, 5.74) is 2.98. The Morgan fingerprint density at radius 1 is 1.00 bits per heavy atom. The van der Waals surface area contributed by atoms with E-state index in [0.717, 1.165) is 33.3 Å². The molecule has 0 saturated carbocycles. The number of aromatic nitrogens is 3. The van der Waals surface area contributed by atoms with Gasteiger partial charge < -0.3 is 9.88 Å². The summed E-state index contributed by atoms with van der Waals surface area (Å²) in [5, 5.41) is 4.99. The number of rotatable bonds is 6. The topological polar surface area (TPSA) is 42.7 Å². The van der Waals surface area contributed by atoms with E-state index in [1.165, 1.54) is 11.8 Å². The zero-order valence-electron chi connectivity index (χ0n) is 14.8. The monoisotopic (exact) mass is 394 g/mol. The molecule has 1 unspecified atom stereocenters. The van der Waals surface area contributed by atoms with Gasteiger partial charge in [0.1, 0.15) is 11.5 Å². The van der Waals surface area contributed by atoms with Gasteiger partial charge in [-0.3, -0.25) is 0 Å². The fraction of sp³-hybridized carbons (Fsp3) is 0.143. The van der Waals surface area contributed by atoms with E-state index in [1.54, 1.807) is 0 Å². The number of hydrogen-bond donors (Lipinski definition) is 1. The Hall–Kier alpha value is -2.50. The lowest BCUT2D eigenvalue weighted by Gasteiger charge is -2.13. The van der Waals surface area contributed by atoms with Crippen molar-refractivity contribution >= 4 is 45.9 Å². The van der Waals surface area contributed by atoms with Crippen LogP contribution in [0.3, 0.4) is 0 Å². The smallest absolute Gasteiger partial charge is 0.191 e. The molecule has 27 heavy (non-hydrogen) atoms. The van der Waals surface area contributed by atoms with Gasteiger partial charge in [-0.1, -0.05) is 60.3 Å². The van der Waals surface area contributed by atoms with Crippen LogP contribution in [0.2, 0.25) is 0 Å². The minimum atomic E-state index is -0.125. The van der Waals surface area contributed by atoms with Gasteiger partial charge in [-0.2, -0.15) is 0 Å². The van der Waals surface area contributed by atoms with Gasteiger partial charge in [0.15, 0.2) is 5.16 Å². The third-order valence-electron chi connectivity index (χ3n) is 4.34. The average Bonchev–Trinajstić information content (AvgIpc) is 3.12. The first-order valence-corrected chi connectivity index (χ1v) is 10.3. The van der Waals surface area contributed by atoms with E-state index >= 15 is 0 Å². The minimum absolute atomic E-state index is 0.125. The Balaban J connectivity index is 1.70. The highest BCUT2D eigenvalue weighted by Gasteiger charge is 2.15. The van der Waals surface area contributed by atoms with E-state index in [1.807, 2.05) is 79.2 Å². The second-order valence-electron chi connectivity index (χ2n) is 6.13. The van der Waals surface area contributed by atoms with Crippen LogP contribution in [0.5, 0.6) is 0 Å². The number of para-hydroxylation sites is 1. The molecule has 4 aromatic rings. The number of fused-ring (bicyclic) bond motifs is 1. The molecule has 0 aliphatic rings. The maximum absolute atomic E-state index is 6.66. The van der Waals surface area contributed by atoms with E-state index in [2.05, 4.69) is 14.9 Å². The van der Waals surface area contributed by atoms with Gasteiger partial charge in [0.25, 0.3) is 0 Å². The molecule has 0 amide bonds. The van der Waals surface area contributed by atoms with Crippen molar-refractivity contribution in [1.29, 1.82) is 0 Å². The molecule has 0 radical (unpaired) electrons. The number of anilines is 2. The maximum atomic E-state index is 6.66. The summed E-state index contributed by atoms with van der Waals surface area (Å²) in [6, 6.07) is 22.2. The lowest BCUT2D eigenvalue weighted by atomic mass is 10.1. The van der Waals surface area contributed by atoms with E-state index in [9.17, 15) is 0 Å². The van der Waals surface area contributed by atoms with Crippen molar-refractivity contribution in [2.45, 2.75) is 17.1 Å². The Kier molecular flexibility index (Phi) is 5.32. The normalized spacial score (nSPS) is 12.2. The zero-order valence-corrected chi connectivity index (χ0v) is 16.4. The van der Waals surface area contributed by atoms with Crippen LogP contribution >= 0.6 is 23.4 Å². The van der Waals surface area contributed by atoms with Crippen LogP contribution in [0.15, 0.2) is 78.1 Å². The Labute approximate surface area is 167 Å². The van der Waals surface area contributed by atoms with Crippen LogP contribution in [0.25, 0.3) is 11.0 Å². The summed E-state index contributed by atoms with van der Waals surface area (Å²) in [7, 11) is 0. The van der Waals surface area contributed by atoms with E-state index in [4.69, 9.17) is 16.6 Å². The van der Waals surface area contributed by atoms with Gasteiger partial charge in [0.05, 0.1) is 10.8 Å². The summed E-state index contributed by atoms with van der Waals surface area (Å²) >= 11 is 8.18. The van der Waals surface area contributed by atoms with Crippen LogP contribution in [0, 0.1) is 0 Å². The lowest BCUT2D eigenvalue weighted by molar-refractivity contribution is 0.692. The van der Waals surface area contributed by atoms with Crippen LogP contribution in [0.1, 0.15) is 10.9 Å². The highest BCUT2D eigenvalue weighted by molar-refractivity contribution is 7.98. The minimum Gasteiger partial charge on any atom is -0.340 e. The molecule has 0 bridgehead atoms. The third kappa shape index (κ3) is 3.94. The molecule has 0 aliphatic heterocycles. The Morgan fingerprint density at radius 3 is 2.41 bits per heavy atom. The number of nitrogens with zero attached hydrogens (tertiary/aromatic N) is 3. The lowest BCUT2D eigenvalue weighted by Crippen LogP contribution is -2.05. The number of benzene rings is 2. The molecule has 1 N–H and O–H groups in total. The van der Waals surface area contributed by atoms with Crippen LogP contribution in [-0.4, -0.2) is 20.8 Å². The molecule has 2 aromatic heterocycles. The van der Waals surface area contributed by atoms with Crippen LogP contribution < -0.4 is 5.32 Å². The Bertz CT molecular complexity index is 1030. The molecular formula is C21H19ClN4S. The number of alkyl halides is 1. The average molecular weight is 395 g/mol. The van der Waals surface area contributed by atoms with Crippen LogP contribution in [-0.2, 0) is 6.54 Å². The summed E-state index contributed by atoms with van der Waals surface area (Å²) in [6.45, 7) is 0.644. The number of hydrogen-bond acceptors (Lipinski definition) is 4. The molecule has 0 aliphatic carbocycles. The second-order valence-corrected chi connectivity index (χ2v) is 7.43. The predicted octanol–water partition coefficient (Wildman–Crippen LogP) is 5.88. The summed E-state index contributed by atoms with van der Waals surface area (Å²) in [5.74, 6) is 0.806. The maximum Gasteiger partial charge on any atom is 0.191 e. The fourth-order valence-electron chi connectivity index (χ4n) is 2.98. The summed E-state index contributed by atoms with van der Waals surface area (Å²) in [4.78, 5) is 9.38. The molecule has 2 aromatic carbocycles. The van der Waals surface area contributed by atoms with Crippen molar-refractivity contribution in [1.82, 2.24) is 14.5 Å². The van der Waals surface area contributed by atoms with Gasteiger partial charge in [0.2, 0.25) is 0 Å². The molecule has 1 atom stereocenters. The summed E-state index contributed by atoms with van der Waals surface area (Å²) in [6.07, 6.45) is 4.01. The number of thioether (sulfide) groups is 1. The summed E-state index contributed by atoms with van der Waals surface area (Å²) < 4.78 is 2.09. The highest BCUT2D eigenvalue weighted by Crippen LogP contribution is 2.29. The quantitative estimate of drug-likeness (QED) is 0.252.